The molecule has 1 saturated heterocycles. The van der Waals surface area contributed by atoms with Gasteiger partial charge in [0.1, 0.15) is 18.0 Å². The molecule has 1 N–H and O–H groups in total. The molecule has 1 fully saturated rings. The van der Waals surface area contributed by atoms with Crippen molar-refractivity contribution >= 4 is 52.5 Å². The van der Waals surface area contributed by atoms with E-state index < -0.39 is 17.6 Å². The summed E-state index contributed by atoms with van der Waals surface area (Å²) in [6.45, 7) is 0.0657. The summed E-state index contributed by atoms with van der Waals surface area (Å²) in [7, 11) is 1.41. The van der Waals surface area contributed by atoms with Gasteiger partial charge >= 0.3 is 0 Å². The monoisotopic (exact) mass is 521 g/mol. The molecule has 0 atom stereocenters. The van der Waals surface area contributed by atoms with Gasteiger partial charge in [-0.25, -0.2) is 9.29 Å². The van der Waals surface area contributed by atoms with Crippen molar-refractivity contribution in [1.29, 1.82) is 5.26 Å². The Kier molecular flexibility index (Phi) is 7.29. The second kappa shape index (κ2) is 10.6. The zero-order chi connectivity index (χ0) is 25.8. The van der Waals surface area contributed by atoms with Crippen molar-refractivity contribution in [2.24, 2.45) is 0 Å². The highest BCUT2D eigenvalue weighted by Crippen LogP contribution is 2.38. The molecule has 1 heterocycles. The van der Waals surface area contributed by atoms with E-state index in [9.17, 15) is 19.2 Å². The third-order valence-corrected chi connectivity index (χ3v) is 5.83. The lowest BCUT2D eigenvalue weighted by molar-refractivity contribution is -0.122. The van der Waals surface area contributed by atoms with Gasteiger partial charge in [0.2, 0.25) is 0 Å². The SMILES string of the molecule is COc1cc(/C=C2\C(=O)NC(=S)N(c3ccccc3F)C2=O)cc(Cl)c1OCc1ccccc1C#N. The number of carbonyl (C=O) groups excluding carboxylic acids is 2. The van der Waals surface area contributed by atoms with Crippen LogP contribution in [0.4, 0.5) is 10.1 Å². The van der Waals surface area contributed by atoms with Crippen LogP contribution in [0.2, 0.25) is 5.02 Å². The van der Waals surface area contributed by atoms with Crippen LogP contribution in [0.15, 0.2) is 66.2 Å². The summed E-state index contributed by atoms with van der Waals surface area (Å²) < 4.78 is 25.6. The Balaban J connectivity index is 1.66. The number of nitrogens with zero attached hydrogens (tertiary/aromatic N) is 2. The highest BCUT2D eigenvalue weighted by atomic mass is 35.5. The summed E-state index contributed by atoms with van der Waals surface area (Å²) in [6.07, 6.45) is 1.30. The highest BCUT2D eigenvalue weighted by Gasteiger charge is 2.35. The summed E-state index contributed by atoms with van der Waals surface area (Å²) in [4.78, 5) is 26.7. The van der Waals surface area contributed by atoms with Gasteiger partial charge in [0.15, 0.2) is 16.6 Å². The number of anilines is 1. The Morgan fingerprint density at radius 1 is 1.17 bits per heavy atom. The van der Waals surface area contributed by atoms with E-state index in [1.54, 1.807) is 30.3 Å². The van der Waals surface area contributed by atoms with E-state index in [0.717, 1.165) is 4.90 Å². The number of ether oxygens (including phenoxy) is 2. The molecule has 0 radical (unpaired) electrons. The van der Waals surface area contributed by atoms with Crippen molar-refractivity contribution in [3.63, 3.8) is 0 Å². The predicted octanol–water partition coefficient (Wildman–Crippen LogP) is 4.77. The lowest BCUT2D eigenvalue weighted by Crippen LogP contribution is -2.54. The Labute approximate surface area is 216 Å². The van der Waals surface area contributed by atoms with Crippen molar-refractivity contribution in [3.05, 3.63) is 93.8 Å². The second-order valence-electron chi connectivity index (χ2n) is 7.50. The van der Waals surface area contributed by atoms with Crippen molar-refractivity contribution in [2.45, 2.75) is 6.61 Å². The Hall–Kier alpha value is -4.26. The molecule has 180 valence electrons. The average molecular weight is 522 g/mol. The Morgan fingerprint density at radius 2 is 1.89 bits per heavy atom. The molecule has 7 nitrogen and oxygen atoms in total. The molecule has 1 aliphatic heterocycles. The minimum Gasteiger partial charge on any atom is -0.493 e. The van der Waals surface area contributed by atoms with Crippen molar-refractivity contribution in [1.82, 2.24) is 5.32 Å². The fourth-order valence-corrected chi connectivity index (χ4v) is 4.09. The topological polar surface area (TPSA) is 91.7 Å². The van der Waals surface area contributed by atoms with Crippen LogP contribution in [0.1, 0.15) is 16.7 Å². The summed E-state index contributed by atoms with van der Waals surface area (Å²) in [6, 6.07) is 17.7. The van der Waals surface area contributed by atoms with Crippen LogP contribution in [0.25, 0.3) is 6.08 Å². The van der Waals surface area contributed by atoms with Crippen LogP contribution >= 0.6 is 23.8 Å². The third kappa shape index (κ3) is 4.91. The number of benzene rings is 3. The predicted molar refractivity (Wildman–Crippen MR) is 136 cm³/mol. The highest BCUT2D eigenvalue weighted by molar-refractivity contribution is 7.80. The van der Waals surface area contributed by atoms with Crippen molar-refractivity contribution < 1.29 is 23.5 Å². The molecule has 0 unspecified atom stereocenters. The van der Waals surface area contributed by atoms with Crippen molar-refractivity contribution in [3.8, 4) is 17.6 Å². The van der Waals surface area contributed by atoms with Crippen LogP contribution in [-0.2, 0) is 16.2 Å². The molecule has 36 heavy (non-hydrogen) atoms. The van der Waals surface area contributed by atoms with Gasteiger partial charge in [-0.15, -0.1) is 0 Å². The van der Waals surface area contributed by atoms with Gasteiger partial charge in [-0.2, -0.15) is 5.26 Å². The minimum atomic E-state index is -0.794. The summed E-state index contributed by atoms with van der Waals surface area (Å²) in [5, 5.41) is 11.6. The van der Waals surface area contributed by atoms with Gasteiger partial charge in [0.05, 0.1) is 29.5 Å². The van der Waals surface area contributed by atoms with Gasteiger partial charge in [0.25, 0.3) is 11.8 Å². The van der Waals surface area contributed by atoms with Gasteiger partial charge < -0.3 is 9.47 Å². The van der Waals surface area contributed by atoms with E-state index in [1.807, 2.05) is 0 Å². The van der Waals surface area contributed by atoms with E-state index in [-0.39, 0.29) is 39.5 Å². The standard InChI is InChI=1S/C26H17ClFN3O4S/c1-34-22-12-15(11-19(27)23(22)35-14-17-7-3-2-6-16(17)13-29)10-18-24(32)30-26(36)31(25(18)33)21-9-5-4-8-20(21)28/h2-12H,14H2,1H3,(H,30,32,36)/b18-10+. The number of thiocarbonyl (C=S) groups is 1. The molecule has 3 aromatic rings. The number of nitrogens with one attached hydrogen (secondary N) is 1. The number of amides is 2. The first-order valence-electron chi connectivity index (χ1n) is 10.5. The number of para-hydroxylation sites is 1. The van der Waals surface area contributed by atoms with Gasteiger partial charge in [-0.05, 0) is 54.2 Å². The maximum atomic E-state index is 14.4. The number of hydrogen-bond acceptors (Lipinski definition) is 6. The minimum absolute atomic E-state index is 0.0657. The summed E-state index contributed by atoms with van der Waals surface area (Å²) in [5.41, 5.74) is 1.13. The van der Waals surface area contributed by atoms with Crippen molar-refractivity contribution in [2.75, 3.05) is 12.0 Å². The molecular formula is C26H17ClFN3O4S. The number of nitriles is 1. The first-order valence-corrected chi connectivity index (χ1v) is 11.3. The van der Waals surface area contributed by atoms with Gasteiger partial charge in [-0.3, -0.25) is 14.9 Å². The first kappa shape index (κ1) is 24.9. The molecule has 0 spiro atoms. The number of carbonyl (C=O) groups is 2. The molecule has 1 aliphatic rings. The molecule has 4 rings (SSSR count). The van der Waals surface area contributed by atoms with Crippen LogP contribution in [-0.4, -0.2) is 24.0 Å². The number of halogens is 2. The van der Waals surface area contributed by atoms with Crippen LogP contribution in [0.3, 0.4) is 0 Å². The zero-order valence-corrected chi connectivity index (χ0v) is 20.3. The summed E-state index contributed by atoms with van der Waals surface area (Å²) in [5.74, 6) is -1.73. The number of rotatable bonds is 6. The fourth-order valence-electron chi connectivity index (χ4n) is 3.54. The van der Waals surface area contributed by atoms with Crippen LogP contribution in [0.5, 0.6) is 11.5 Å². The summed E-state index contributed by atoms with van der Waals surface area (Å²) >= 11 is 11.6. The van der Waals surface area contributed by atoms with E-state index in [4.69, 9.17) is 33.3 Å². The molecule has 2 amide bonds. The van der Waals surface area contributed by atoms with E-state index in [2.05, 4.69) is 11.4 Å². The molecule has 3 aromatic carbocycles. The quantitative estimate of drug-likeness (QED) is 0.285. The lowest BCUT2D eigenvalue weighted by Gasteiger charge is -2.29. The zero-order valence-electron chi connectivity index (χ0n) is 18.7. The fraction of sp³-hybridized carbons (Fsp3) is 0.0769. The van der Waals surface area contributed by atoms with E-state index in [0.29, 0.717) is 16.7 Å². The van der Waals surface area contributed by atoms with E-state index >= 15 is 0 Å². The number of methoxy groups -OCH3 is 1. The number of hydrogen-bond donors (Lipinski definition) is 1. The lowest BCUT2D eigenvalue weighted by atomic mass is 10.1. The molecular weight excluding hydrogens is 505 g/mol. The average Bonchev–Trinajstić information content (AvgIpc) is 2.86. The molecule has 0 saturated carbocycles. The van der Waals surface area contributed by atoms with Gasteiger partial charge in [0, 0.05) is 5.56 Å². The maximum Gasteiger partial charge on any atom is 0.270 e. The van der Waals surface area contributed by atoms with Crippen LogP contribution in [0, 0.1) is 17.1 Å². The molecule has 0 aliphatic carbocycles. The van der Waals surface area contributed by atoms with Crippen LogP contribution < -0.4 is 19.7 Å². The second-order valence-corrected chi connectivity index (χ2v) is 8.29. The Bertz CT molecular complexity index is 1470. The first-order chi connectivity index (χ1) is 17.3. The maximum absolute atomic E-state index is 14.4. The largest absolute Gasteiger partial charge is 0.493 e. The Morgan fingerprint density at radius 3 is 2.61 bits per heavy atom. The normalized spacial score (nSPS) is 14.4. The smallest absolute Gasteiger partial charge is 0.270 e. The molecule has 0 aromatic heterocycles. The molecule has 10 heteroatoms. The molecule has 0 bridgehead atoms. The van der Waals surface area contributed by atoms with E-state index in [1.165, 1.54) is 43.5 Å². The van der Waals surface area contributed by atoms with Gasteiger partial charge in [-0.1, -0.05) is 41.9 Å². The third-order valence-electron chi connectivity index (χ3n) is 5.27.